The van der Waals surface area contributed by atoms with E-state index in [9.17, 15) is 28.5 Å². The molecule has 142 valence electrons. The molecule has 2 aromatic rings. The molecule has 13 heteroatoms. The smallest absolute Gasteiger partial charge is 0.393 e. The molecule has 2 aliphatic heterocycles. The predicted molar refractivity (Wildman–Crippen MR) is 76.8 cm³/mol. The molecular formula is C13H14F3N5O5. The molecule has 4 rings (SSSR count). The second kappa shape index (κ2) is 5.72. The van der Waals surface area contributed by atoms with Crippen molar-refractivity contribution in [1.29, 1.82) is 0 Å². The van der Waals surface area contributed by atoms with E-state index in [1.54, 1.807) is 0 Å². The highest BCUT2D eigenvalue weighted by atomic mass is 19.4. The molecule has 5 N–H and O–H groups in total. The van der Waals surface area contributed by atoms with Crippen LogP contribution in [0.5, 0.6) is 0 Å². The molecule has 10 nitrogen and oxygen atoms in total. The van der Waals surface area contributed by atoms with Crippen LogP contribution in [0.2, 0.25) is 0 Å². The van der Waals surface area contributed by atoms with Gasteiger partial charge in [0.25, 0.3) is 0 Å². The van der Waals surface area contributed by atoms with E-state index < -0.39 is 48.6 Å². The van der Waals surface area contributed by atoms with Gasteiger partial charge in [0.2, 0.25) is 5.95 Å². The minimum absolute atomic E-state index is 0.123. The lowest BCUT2D eigenvalue weighted by atomic mass is 9.88. The number of aromatic amines is 1. The molecule has 2 saturated heterocycles. The normalized spacial score (nSPS) is 34.4. The Labute approximate surface area is 143 Å². The first-order valence-electron chi connectivity index (χ1n) is 7.56. The van der Waals surface area contributed by atoms with Crippen LogP contribution >= 0.6 is 0 Å². The van der Waals surface area contributed by atoms with Gasteiger partial charge in [-0.15, -0.1) is 0 Å². The number of aliphatic hydroxyl groups is 3. The average Bonchev–Trinajstić information content (AvgIpc) is 3.20. The summed E-state index contributed by atoms with van der Waals surface area (Å²) in [4.78, 5) is 7.68. The molecule has 26 heavy (non-hydrogen) atoms. The fourth-order valence-electron chi connectivity index (χ4n) is 3.10. The molecule has 5 unspecified atom stereocenters. The summed E-state index contributed by atoms with van der Waals surface area (Å²) in [7, 11) is 0. The van der Waals surface area contributed by atoms with Gasteiger partial charge >= 0.3 is 6.18 Å². The zero-order valence-corrected chi connectivity index (χ0v) is 12.9. The SMILES string of the molecule is OCC12COC(O1)C(Nc1ncc3c(C(F)(F)F)n[nH]c3n1)C(O)C2O. The molecule has 0 amide bonds. The maximum absolute atomic E-state index is 12.8. The fraction of sp³-hybridized carbons (Fsp3) is 0.615. The van der Waals surface area contributed by atoms with E-state index in [1.807, 2.05) is 0 Å². The van der Waals surface area contributed by atoms with Gasteiger partial charge in [-0.3, -0.25) is 5.10 Å². The largest absolute Gasteiger partial charge is 0.435 e. The Balaban J connectivity index is 1.60. The monoisotopic (exact) mass is 377 g/mol. The highest BCUT2D eigenvalue weighted by molar-refractivity contribution is 5.78. The van der Waals surface area contributed by atoms with Crippen molar-refractivity contribution in [2.24, 2.45) is 0 Å². The van der Waals surface area contributed by atoms with Crippen molar-refractivity contribution in [2.45, 2.75) is 36.3 Å². The summed E-state index contributed by atoms with van der Waals surface area (Å²) in [6.45, 7) is -0.675. The summed E-state index contributed by atoms with van der Waals surface area (Å²) in [5.41, 5.74) is -2.71. The Hall–Kier alpha value is -2.06. The van der Waals surface area contributed by atoms with Crippen molar-refractivity contribution in [3.63, 3.8) is 0 Å². The number of aromatic nitrogens is 4. The van der Waals surface area contributed by atoms with Crippen LogP contribution in [-0.2, 0) is 15.7 Å². The van der Waals surface area contributed by atoms with Crippen molar-refractivity contribution in [3.05, 3.63) is 11.9 Å². The molecule has 0 saturated carbocycles. The van der Waals surface area contributed by atoms with Crippen molar-refractivity contribution in [2.75, 3.05) is 18.5 Å². The van der Waals surface area contributed by atoms with Crippen molar-refractivity contribution in [3.8, 4) is 0 Å². The Kier molecular flexibility index (Phi) is 3.82. The molecule has 2 aliphatic rings. The van der Waals surface area contributed by atoms with E-state index in [0.29, 0.717) is 0 Å². The van der Waals surface area contributed by atoms with Gasteiger partial charge in [-0.2, -0.15) is 23.3 Å². The number of rotatable bonds is 3. The van der Waals surface area contributed by atoms with Crippen LogP contribution in [0.25, 0.3) is 11.0 Å². The standard InChI is InChI=1S/C13H14F3N5O5/c14-13(15,16)7-4-1-17-11(19-9(4)21-20-7)18-5-6(23)8(24)12(2-22)3-25-10(5)26-12/h1,5-6,8,10,22-24H,2-3H2,(H2,17,18,19,20,21). The van der Waals surface area contributed by atoms with Gasteiger partial charge in [0.05, 0.1) is 18.6 Å². The molecule has 4 heterocycles. The molecule has 2 fully saturated rings. The second-order valence-electron chi connectivity index (χ2n) is 6.15. The van der Waals surface area contributed by atoms with Gasteiger partial charge in [0.1, 0.15) is 23.9 Å². The fourth-order valence-corrected chi connectivity index (χ4v) is 3.10. The van der Waals surface area contributed by atoms with Crippen LogP contribution in [0.4, 0.5) is 19.1 Å². The molecule has 5 atom stereocenters. The van der Waals surface area contributed by atoms with Crippen molar-refractivity contribution >= 4 is 17.0 Å². The Morgan fingerprint density at radius 3 is 2.85 bits per heavy atom. The Morgan fingerprint density at radius 2 is 2.15 bits per heavy atom. The highest BCUT2D eigenvalue weighted by Crippen LogP contribution is 2.38. The number of H-pyrrole nitrogens is 1. The van der Waals surface area contributed by atoms with E-state index in [2.05, 4.69) is 25.5 Å². The van der Waals surface area contributed by atoms with Gasteiger partial charge in [-0.25, -0.2) is 4.98 Å². The average molecular weight is 377 g/mol. The second-order valence-corrected chi connectivity index (χ2v) is 6.15. The predicted octanol–water partition coefficient (Wildman–Crippen LogP) is -1.01. The van der Waals surface area contributed by atoms with Crippen LogP contribution in [0.15, 0.2) is 6.20 Å². The van der Waals surface area contributed by atoms with Crippen LogP contribution in [-0.4, -0.2) is 78.8 Å². The molecule has 2 bridgehead atoms. The van der Waals surface area contributed by atoms with Crippen LogP contribution in [0, 0.1) is 0 Å². The minimum Gasteiger partial charge on any atom is -0.393 e. The van der Waals surface area contributed by atoms with E-state index in [1.165, 1.54) is 0 Å². The summed E-state index contributed by atoms with van der Waals surface area (Å²) in [5.74, 6) is -0.123. The highest BCUT2D eigenvalue weighted by Gasteiger charge is 2.59. The Morgan fingerprint density at radius 1 is 1.38 bits per heavy atom. The summed E-state index contributed by atoms with van der Waals surface area (Å²) in [6.07, 6.45) is -7.56. The number of alkyl halides is 3. The maximum Gasteiger partial charge on any atom is 0.435 e. The third-order valence-electron chi connectivity index (χ3n) is 4.52. The first-order chi connectivity index (χ1) is 12.2. The number of hydrogen-bond acceptors (Lipinski definition) is 9. The number of nitrogens with one attached hydrogen (secondary N) is 2. The first-order valence-corrected chi connectivity index (χ1v) is 7.56. The lowest BCUT2D eigenvalue weighted by Gasteiger charge is -2.41. The van der Waals surface area contributed by atoms with Crippen LogP contribution in [0.3, 0.4) is 0 Å². The number of hydrogen-bond donors (Lipinski definition) is 5. The number of halogens is 3. The van der Waals surface area contributed by atoms with Gasteiger partial charge in [0.15, 0.2) is 17.6 Å². The maximum atomic E-state index is 12.8. The van der Waals surface area contributed by atoms with Gasteiger partial charge in [-0.1, -0.05) is 0 Å². The molecule has 0 aliphatic carbocycles. The molecular weight excluding hydrogens is 363 g/mol. The topological polar surface area (TPSA) is 146 Å². The molecule has 0 aromatic carbocycles. The first kappa shape index (κ1) is 17.4. The van der Waals surface area contributed by atoms with Crippen molar-refractivity contribution in [1.82, 2.24) is 20.2 Å². The van der Waals surface area contributed by atoms with E-state index >= 15 is 0 Å². The van der Waals surface area contributed by atoms with E-state index in [0.717, 1.165) is 6.20 Å². The van der Waals surface area contributed by atoms with E-state index in [4.69, 9.17) is 9.47 Å². The third-order valence-corrected chi connectivity index (χ3v) is 4.52. The summed E-state index contributed by atoms with van der Waals surface area (Å²) < 4.78 is 49.3. The zero-order chi connectivity index (χ0) is 18.7. The summed E-state index contributed by atoms with van der Waals surface area (Å²) >= 11 is 0. The molecule has 0 radical (unpaired) electrons. The third kappa shape index (κ3) is 2.51. The minimum atomic E-state index is -4.65. The molecule has 0 spiro atoms. The number of aliphatic hydroxyl groups excluding tert-OH is 3. The lowest BCUT2D eigenvalue weighted by Crippen LogP contribution is -2.64. The zero-order valence-electron chi connectivity index (χ0n) is 12.9. The Bertz CT molecular complexity index is 832. The van der Waals surface area contributed by atoms with Crippen molar-refractivity contribution < 1.29 is 38.0 Å². The van der Waals surface area contributed by atoms with Crippen LogP contribution in [0.1, 0.15) is 5.69 Å². The summed E-state index contributed by atoms with van der Waals surface area (Å²) in [5, 5.41) is 37.6. The summed E-state index contributed by atoms with van der Waals surface area (Å²) in [6, 6.07) is -1.00. The van der Waals surface area contributed by atoms with Gasteiger partial charge in [0, 0.05) is 6.20 Å². The number of anilines is 1. The van der Waals surface area contributed by atoms with Crippen LogP contribution < -0.4 is 5.32 Å². The van der Waals surface area contributed by atoms with Gasteiger partial charge in [-0.05, 0) is 0 Å². The number of fused-ring (bicyclic) bond motifs is 3. The number of nitrogens with zero attached hydrogens (tertiary/aromatic N) is 3. The van der Waals surface area contributed by atoms with Gasteiger partial charge < -0.3 is 30.1 Å². The van der Waals surface area contributed by atoms with E-state index in [-0.39, 0.29) is 23.6 Å². The lowest BCUT2D eigenvalue weighted by molar-refractivity contribution is -0.224. The number of ether oxygens (including phenoxy) is 2. The quantitative estimate of drug-likeness (QED) is 0.454. The molecule has 2 aromatic heterocycles.